The van der Waals surface area contributed by atoms with Gasteiger partial charge in [0.15, 0.2) is 0 Å². The average molecular weight is 431 g/mol. The van der Waals surface area contributed by atoms with Crippen LogP contribution in [-0.2, 0) is 19.1 Å². The van der Waals surface area contributed by atoms with Crippen molar-refractivity contribution in [2.45, 2.75) is 59.4 Å². The lowest BCUT2D eigenvalue weighted by molar-refractivity contribution is -0.138. The van der Waals surface area contributed by atoms with Crippen molar-refractivity contribution >= 4 is 17.4 Å². The van der Waals surface area contributed by atoms with Gasteiger partial charge in [0.25, 0.3) is 11.8 Å². The SMILES string of the molecule is CCOc1ccc(C2=C(N3CC(C)OC(C)C3)C(=O)N(CCCOC(C)C)C2=O)cc1. The molecule has 31 heavy (non-hydrogen) atoms. The fourth-order valence-corrected chi connectivity index (χ4v) is 4.11. The van der Waals surface area contributed by atoms with Crippen molar-refractivity contribution in [3.05, 3.63) is 35.5 Å². The Bertz CT molecular complexity index is 808. The van der Waals surface area contributed by atoms with Crippen LogP contribution >= 0.6 is 0 Å². The van der Waals surface area contributed by atoms with E-state index in [1.807, 2.05) is 63.8 Å². The molecule has 1 aromatic carbocycles. The third kappa shape index (κ3) is 5.46. The molecule has 0 radical (unpaired) electrons. The molecule has 170 valence electrons. The maximum Gasteiger partial charge on any atom is 0.277 e. The first kappa shape index (κ1) is 23.3. The molecule has 1 fully saturated rings. The summed E-state index contributed by atoms with van der Waals surface area (Å²) in [5.74, 6) is 0.252. The molecule has 0 N–H and O–H groups in total. The minimum Gasteiger partial charge on any atom is -0.494 e. The Morgan fingerprint density at radius 2 is 1.71 bits per heavy atom. The summed E-state index contributed by atoms with van der Waals surface area (Å²) in [5.41, 5.74) is 1.66. The Labute approximate surface area is 184 Å². The Morgan fingerprint density at radius 1 is 1.06 bits per heavy atom. The molecule has 7 heteroatoms. The predicted molar refractivity (Wildman–Crippen MR) is 119 cm³/mol. The molecule has 0 aliphatic carbocycles. The van der Waals surface area contributed by atoms with Crippen molar-refractivity contribution in [1.29, 1.82) is 0 Å². The molecule has 1 saturated heterocycles. The Hall–Kier alpha value is -2.38. The predicted octanol–water partition coefficient (Wildman–Crippen LogP) is 3.09. The molecule has 0 saturated carbocycles. The van der Waals surface area contributed by atoms with Gasteiger partial charge in [-0.25, -0.2) is 0 Å². The number of morpholine rings is 1. The lowest BCUT2D eigenvalue weighted by atomic mass is 10.0. The van der Waals surface area contributed by atoms with Gasteiger partial charge in [-0.05, 0) is 58.7 Å². The Kier molecular flexibility index (Phi) is 7.73. The molecule has 2 aliphatic heterocycles. The van der Waals surface area contributed by atoms with Gasteiger partial charge in [0, 0.05) is 26.2 Å². The van der Waals surface area contributed by atoms with E-state index in [0.717, 1.165) is 11.3 Å². The summed E-state index contributed by atoms with van der Waals surface area (Å²) < 4.78 is 17.0. The Balaban J connectivity index is 1.90. The molecule has 3 rings (SSSR count). The number of carbonyl (C=O) groups is 2. The van der Waals surface area contributed by atoms with Crippen molar-refractivity contribution in [3.63, 3.8) is 0 Å². The standard InChI is InChI=1S/C24H34N2O5/c1-6-29-20-10-8-19(9-11-20)21-22(25-14-17(4)31-18(5)15-25)24(28)26(23(21)27)12-7-13-30-16(2)3/h8-11,16-18H,6-7,12-15H2,1-5H3. The van der Waals surface area contributed by atoms with Crippen LogP contribution in [-0.4, -0.2) is 72.8 Å². The highest BCUT2D eigenvalue weighted by Crippen LogP contribution is 2.34. The summed E-state index contributed by atoms with van der Waals surface area (Å²) in [6.45, 7) is 12.4. The van der Waals surface area contributed by atoms with Gasteiger partial charge in [0.05, 0.1) is 30.5 Å². The molecule has 2 atom stereocenters. The van der Waals surface area contributed by atoms with Crippen molar-refractivity contribution in [3.8, 4) is 5.75 Å². The first-order chi connectivity index (χ1) is 14.8. The first-order valence-corrected chi connectivity index (χ1v) is 11.2. The van der Waals surface area contributed by atoms with Gasteiger partial charge in [-0.1, -0.05) is 12.1 Å². The zero-order valence-electron chi connectivity index (χ0n) is 19.2. The van der Waals surface area contributed by atoms with Crippen molar-refractivity contribution in [2.24, 2.45) is 0 Å². The average Bonchev–Trinajstić information content (AvgIpc) is 2.95. The number of hydrogen-bond donors (Lipinski definition) is 0. The van der Waals surface area contributed by atoms with E-state index in [2.05, 4.69) is 0 Å². The van der Waals surface area contributed by atoms with Crippen molar-refractivity contribution < 1.29 is 23.8 Å². The maximum absolute atomic E-state index is 13.4. The van der Waals surface area contributed by atoms with Crippen LogP contribution in [0.2, 0.25) is 0 Å². The number of benzene rings is 1. The van der Waals surface area contributed by atoms with Gasteiger partial charge in [-0.2, -0.15) is 0 Å². The van der Waals surface area contributed by atoms with E-state index in [0.29, 0.717) is 50.5 Å². The fourth-order valence-electron chi connectivity index (χ4n) is 4.11. The van der Waals surface area contributed by atoms with E-state index in [4.69, 9.17) is 14.2 Å². The van der Waals surface area contributed by atoms with E-state index >= 15 is 0 Å². The minimum absolute atomic E-state index is 0.0192. The monoisotopic (exact) mass is 430 g/mol. The number of ether oxygens (including phenoxy) is 3. The molecule has 1 aromatic rings. The smallest absolute Gasteiger partial charge is 0.277 e. The van der Waals surface area contributed by atoms with Crippen LogP contribution in [0, 0.1) is 0 Å². The fraction of sp³-hybridized carbons (Fsp3) is 0.583. The van der Waals surface area contributed by atoms with Gasteiger partial charge < -0.3 is 19.1 Å². The number of amides is 2. The maximum atomic E-state index is 13.4. The number of carbonyl (C=O) groups excluding carboxylic acids is 2. The summed E-state index contributed by atoms with van der Waals surface area (Å²) in [6, 6.07) is 7.38. The number of rotatable bonds is 9. The minimum atomic E-state index is -0.250. The van der Waals surface area contributed by atoms with Crippen LogP contribution in [0.15, 0.2) is 30.0 Å². The molecule has 0 bridgehead atoms. The highest BCUT2D eigenvalue weighted by Gasteiger charge is 2.42. The van der Waals surface area contributed by atoms with Gasteiger partial charge in [0.2, 0.25) is 0 Å². The molecular weight excluding hydrogens is 396 g/mol. The van der Waals surface area contributed by atoms with Crippen LogP contribution in [0.1, 0.15) is 46.6 Å². The highest BCUT2D eigenvalue weighted by molar-refractivity contribution is 6.35. The van der Waals surface area contributed by atoms with Crippen LogP contribution < -0.4 is 4.74 Å². The van der Waals surface area contributed by atoms with Crippen LogP contribution in [0.4, 0.5) is 0 Å². The topological polar surface area (TPSA) is 68.3 Å². The molecule has 2 unspecified atom stereocenters. The quantitative estimate of drug-likeness (QED) is 0.443. The lowest BCUT2D eigenvalue weighted by Crippen LogP contribution is -2.47. The molecular formula is C24H34N2O5. The number of imide groups is 1. The second kappa shape index (κ2) is 10.3. The zero-order valence-corrected chi connectivity index (χ0v) is 19.2. The normalized spacial score (nSPS) is 22.1. The second-order valence-electron chi connectivity index (χ2n) is 8.38. The zero-order chi connectivity index (χ0) is 22.5. The third-order valence-corrected chi connectivity index (χ3v) is 5.31. The highest BCUT2D eigenvalue weighted by atomic mass is 16.5. The van der Waals surface area contributed by atoms with Gasteiger partial charge in [0.1, 0.15) is 11.4 Å². The molecule has 2 amide bonds. The van der Waals surface area contributed by atoms with Crippen LogP contribution in [0.5, 0.6) is 5.75 Å². The number of nitrogens with zero attached hydrogens (tertiary/aromatic N) is 2. The first-order valence-electron chi connectivity index (χ1n) is 11.2. The summed E-state index contributed by atoms with van der Waals surface area (Å²) >= 11 is 0. The van der Waals surface area contributed by atoms with E-state index in [1.165, 1.54) is 4.90 Å². The lowest BCUT2D eigenvalue weighted by Gasteiger charge is -2.37. The van der Waals surface area contributed by atoms with Crippen LogP contribution in [0.25, 0.3) is 5.57 Å². The van der Waals surface area contributed by atoms with Gasteiger partial charge in [-0.3, -0.25) is 14.5 Å². The third-order valence-electron chi connectivity index (χ3n) is 5.31. The summed E-state index contributed by atoms with van der Waals surface area (Å²) in [4.78, 5) is 30.2. The molecule has 2 aliphatic rings. The van der Waals surface area contributed by atoms with Gasteiger partial charge in [-0.15, -0.1) is 0 Å². The largest absolute Gasteiger partial charge is 0.494 e. The van der Waals surface area contributed by atoms with E-state index in [9.17, 15) is 9.59 Å². The summed E-state index contributed by atoms with van der Waals surface area (Å²) in [5, 5.41) is 0. The second-order valence-corrected chi connectivity index (χ2v) is 8.38. The van der Waals surface area contributed by atoms with Crippen molar-refractivity contribution in [1.82, 2.24) is 9.80 Å². The van der Waals surface area contributed by atoms with E-state index in [-0.39, 0.29) is 30.1 Å². The molecule has 7 nitrogen and oxygen atoms in total. The van der Waals surface area contributed by atoms with E-state index < -0.39 is 0 Å². The summed E-state index contributed by atoms with van der Waals surface area (Å²) in [7, 11) is 0. The van der Waals surface area contributed by atoms with Crippen LogP contribution in [0.3, 0.4) is 0 Å². The molecule has 0 aromatic heterocycles. The molecule has 2 heterocycles. The van der Waals surface area contributed by atoms with Gasteiger partial charge >= 0.3 is 0 Å². The van der Waals surface area contributed by atoms with Crippen molar-refractivity contribution in [2.75, 3.05) is 32.8 Å². The summed E-state index contributed by atoms with van der Waals surface area (Å²) in [6.07, 6.45) is 0.688. The Morgan fingerprint density at radius 3 is 2.29 bits per heavy atom. The number of hydrogen-bond acceptors (Lipinski definition) is 6. The molecule has 0 spiro atoms. The van der Waals surface area contributed by atoms with E-state index in [1.54, 1.807) is 0 Å².